The number of amides is 1. The van der Waals surface area contributed by atoms with Crippen molar-refractivity contribution in [3.8, 4) is 0 Å². The summed E-state index contributed by atoms with van der Waals surface area (Å²) in [6.07, 6.45) is 0. The van der Waals surface area contributed by atoms with Gasteiger partial charge < -0.3 is 5.32 Å². The Morgan fingerprint density at radius 3 is 2.24 bits per heavy atom. The third kappa shape index (κ3) is 5.76. The molecule has 1 unspecified atom stereocenters. The molecule has 3 rings (SSSR count). The molecule has 0 spiro atoms. The molecule has 0 aliphatic rings. The van der Waals surface area contributed by atoms with E-state index in [1.807, 2.05) is 67.6 Å². The van der Waals surface area contributed by atoms with E-state index in [0.29, 0.717) is 12.1 Å². The van der Waals surface area contributed by atoms with Gasteiger partial charge in [-0.1, -0.05) is 73.7 Å². The standard InChI is InChI=1S/C23H24N2O3S/c1-18(20-11-6-3-7-12-20)16-24-23(26)21-13-8-14-22(15-21)29(27,28)25-17-19-9-4-2-5-10-19/h2-15,18,25H,16-17H2,1H3,(H,24,26). The summed E-state index contributed by atoms with van der Waals surface area (Å²) < 4.78 is 27.7. The fourth-order valence-corrected chi connectivity index (χ4v) is 3.97. The van der Waals surface area contributed by atoms with E-state index >= 15 is 0 Å². The van der Waals surface area contributed by atoms with Crippen LogP contribution in [0, 0.1) is 0 Å². The Morgan fingerprint density at radius 2 is 1.55 bits per heavy atom. The molecular weight excluding hydrogens is 384 g/mol. The zero-order valence-electron chi connectivity index (χ0n) is 16.2. The van der Waals surface area contributed by atoms with E-state index in [1.54, 1.807) is 12.1 Å². The van der Waals surface area contributed by atoms with Crippen LogP contribution in [0.4, 0.5) is 0 Å². The fourth-order valence-electron chi connectivity index (χ4n) is 2.91. The van der Waals surface area contributed by atoms with Crippen molar-refractivity contribution in [1.82, 2.24) is 10.0 Å². The first-order chi connectivity index (χ1) is 14.0. The fraction of sp³-hybridized carbons (Fsp3) is 0.174. The topological polar surface area (TPSA) is 75.3 Å². The lowest BCUT2D eigenvalue weighted by Crippen LogP contribution is -2.28. The van der Waals surface area contributed by atoms with E-state index in [0.717, 1.165) is 11.1 Å². The number of sulfonamides is 1. The molecule has 6 heteroatoms. The molecule has 0 saturated carbocycles. The molecule has 0 saturated heterocycles. The molecule has 29 heavy (non-hydrogen) atoms. The first-order valence-electron chi connectivity index (χ1n) is 9.42. The Labute approximate surface area is 171 Å². The molecule has 0 bridgehead atoms. The number of nitrogens with one attached hydrogen (secondary N) is 2. The molecule has 0 aromatic heterocycles. The van der Waals surface area contributed by atoms with Gasteiger partial charge in [0.25, 0.3) is 5.91 Å². The van der Waals surface area contributed by atoms with Crippen LogP contribution >= 0.6 is 0 Å². The number of carbonyl (C=O) groups is 1. The molecule has 1 amide bonds. The summed E-state index contributed by atoms with van der Waals surface area (Å²) in [5.74, 6) is -0.146. The van der Waals surface area contributed by atoms with E-state index < -0.39 is 10.0 Å². The Bertz CT molecular complexity index is 1050. The Balaban J connectivity index is 1.64. The molecule has 5 nitrogen and oxygen atoms in total. The van der Waals surface area contributed by atoms with Gasteiger partial charge in [-0.3, -0.25) is 4.79 Å². The highest BCUT2D eigenvalue weighted by Crippen LogP contribution is 2.15. The van der Waals surface area contributed by atoms with Crippen LogP contribution in [0.5, 0.6) is 0 Å². The van der Waals surface area contributed by atoms with Gasteiger partial charge in [0.05, 0.1) is 4.90 Å². The minimum Gasteiger partial charge on any atom is -0.351 e. The maximum Gasteiger partial charge on any atom is 0.251 e. The van der Waals surface area contributed by atoms with E-state index in [4.69, 9.17) is 0 Å². The molecular formula is C23H24N2O3S. The van der Waals surface area contributed by atoms with E-state index in [1.165, 1.54) is 12.1 Å². The van der Waals surface area contributed by atoms with Gasteiger partial charge in [0, 0.05) is 18.7 Å². The van der Waals surface area contributed by atoms with Gasteiger partial charge in [-0.05, 0) is 35.2 Å². The smallest absolute Gasteiger partial charge is 0.251 e. The van der Waals surface area contributed by atoms with Crippen LogP contribution in [0.25, 0.3) is 0 Å². The third-order valence-electron chi connectivity index (χ3n) is 4.65. The molecule has 0 fully saturated rings. The molecule has 0 aliphatic carbocycles. The highest BCUT2D eigenvalue weighted by molar-refractivity contribution is 7.89. The van der Waals surface area contributed by atoms with Crippen molar-refractivity contribution < 1.29 is 13.2 Å². The summed E-state index contributed by atoms with van der Waals surface area (Å²) in [5, 5.41) is 2.88. The quantitative estimate of drug-likeness (QED) is 0.597. The number of carbonyl (C=O) groups excluding carboxylic acids is 1. The van der Waals surface area contributed by atoms with Crippen molar-refractivity contribution in [3.63, 3.8) is 0 Å². The number of benzene rings is 3. The van der Waals surface area contributed by atoms with Crippen molar-refractivity contribution in [1.29, 1.82) is 0 Å². The van der Waals surface area contributed by atoms with E-state index in [2.05, 4.69) is 10.0 Å². The van der Waals surface area contributed by atoms with Gasteiger partial charge >= 0.3 is 0 Å². The number of rotatable bonds is 8. The zero-order valence-corrected chi connectivity index (χ0v) is 17.0. The number of hydrogen-bond donors (Lipinski definition) is 2. The predicted molar refractivity (Wildman–Crippen MR) is 114 cm³/mol. The van der Waals surface area contributed by atoms with Gasteiger partial charge in [-0.2, -0.15) is 0 Å². The second-order valence-electron chi connectivity index (χ2n) is 6.86. The SMILES string of the molecule is CC(CNC(=O)c1cccc(S(=O)(=O)NCc2ccccc2)c1)c1ccccc1. The second kappa shape index (κ2) is 9.49. The van der Waals surface area contributed by atoms with Crippen LogP contribution in [-0.2, 0) is 16.6 Å². The van der Waals surface area contributed by atoms with Gasteiger partial charge in [0.15, 0.2) is 0 Å². The van der Waals surface area contributed by atoms with Crippen LogP contribution in [0.1, 0.15) is 34.3 Å². The molecule has 150 valence electrons. The normalized spacial score (nSPS) is 12.3. The summed E-state index contributed by atoms with van der Waals surface area (Å²) in [6, 6.07) is 25.2. The molecule has 0 aliphatic heterocycles. The predicted octanol–water partition coefficient (Wildman–Crippen LogP) is 3.70. The van der Waals surface area contributed by atoms with E-state index in [9.17, 15) is 13.2 Å². The van der Waals surface area contributed by atoms with Crippen LogP contribution in [0.2, 0.25) is 0 Å². The maximum absolute atomic E-state index is 12.6. The monoisotopic (exact) mass is 408 g/mol. The molecule has 2 N–H and O–H groups in total. The first-order valence-corrected chi connectivity index (χ1v) is 10.9. The molecule has 0 heterocycles. The van der Waals surface area contributed by atoms with Crippen molar-refractivity contribution >= 4 is 15.9 Å². The molecule has 3 aromatic carbocycles. The average molecular weight is 409 g/mol. The summed E-state index contributed by atoms with van der Waals surface area (Å²) in [5.41, 5.74) is 2.31. The van der Waals surface area contributed by atoms with Crippen molar-refractivity contribution in [3.05, 3.63) is 102 Å². The zero-order chi connectivity index (χ0) is 20.7. The summed E-state index contributed by atoms with van der Waals surface area (Å²) in [7, 11) is -3.72. The third-order valence-corrected chi connectivity index (χ3v) is 6.05. The van der Waals surface area contributed by atoms with Crippen LogP contribution in [-0.4, -0.2) is 20.9 Å². The largest absolute Gasteiger partial charge is 0.351 e. The highest BCUT2D eigenvalue weighted by atomic mass is 32.2. The van der Waals surface area contributed by atoms with Crippen molar-refractivity contribution in [2.45, 2.75) is 24.3 Å². The highest BCUT2D eigenvalue weighted by Gasteiger charge is 2.16. The minimum absolute atomic E-state index is 0.0668. The lowest BCUT2D eigenvalue weighted by atomic mass is 10.0. The first kappa shape index (κ1) is 20.8. The Morgan fingerprint density at radius 1 is 0.897 bits per heavy atom. The van der Waals surface area contributed by atoms with Crippen LogP contribution in [0.15, 0.2) is 89.8 Å². The van der Waals surface area contributed by atoms with Gasteiger partial charge in [-0.15, -0.1) is 0 Å². The summed E-state index contributed by atoms with van der Waals surface area (Å²) in [4.78, 5) is 12.6. The summed E-state index contributed by atoms with van der Waals surface area (Å²) >= 11 is 0. The maximum atomic E-state index is 12.6. The lowest BCUT2D eigenvalue weighted by molar-refractivity contribution is 0.0951. The Kier molecular flexibility index (Phi) is 6.80. The molecule has 0 radical (unpaired) electrons. The van der Waals surface area contributed by atoms with Crippen molar-refractivity contribution in [2.24, 2.45) is 0 Å². The Hall–Kier alpha value is -2.96. The van der Waals surface area contributed by atoms with Crippen molar-refractivity contribution in [2.75, 3.05) is 6.54 Å². The molecule has 3 aromatic rings. The van der Waals surface area contributed by atoms with Crippen LogP contribution < -0.4 is 10.0 Å². The van der Waals surface area contributed by atoms with Gasteiger partial charge in [-0.25, -0.2) is 13.1 Å². The lowest BCUT2D eigenvalue weighted by Gasteiger charge is -2.13. The minimum atomic E-state index is -3.72. The van der Waals surface area contributed by atoms with Gasteiger partial charge in [0.1, 0.15) is 0 Å². The van der Waals surface area contributed by atoms with Crippen LogP contribution in [0.3, 0.4) is 0 Å². The average Bonchev–Trinajstić information content (AvgIpc) is 2.77. The molecule has 1 atom stereocenters. The van der Waals surface area contributed by atoms with Gasteiger partial charge in [0.2, 0.25) is 10.0 Å². The van der Waals surface area contributed by atoms with E-state index in [-0.39, 0.29) is 23.3 Å². The number of hydrogen-bond acceptors (Lipinski definition) is 3. The second-order valence-corrected chi connectivity index (χ2v) is 8.63. The summed E-state index contributed by atoms with van der Waals surface area (Å²) in [6.45, 7) is 2.68.